The summed E-state index contributed by atoms with van der Waals surface area (Å²) in [5.74, 6) is 0.650. The first-order valence-corrected chi connectivity index (χ1v) is 4.54. The van der Waals surface area contributed by atoms with Crippen molar-refractivity contribution >= 4 is 0 Å². The van der Waals surface area contributed by atoms with E-state index in [0.717, 1.165) is 6.42 Å². The van der Waals surface area contributed by atoms with E-state index in [1.807, 2.05) is 24.7 Å². The third-order valence-corrected chi connectivity index (χ3v) is 2.24. The summed E-state index contributed by atoms with van der Waals surface area (Å²) in [4.78, 5) is 4.11. The average Bonchev–Trinajstić information content (AvgIpc) is 2.52. The summed E-state index contributed by atoms with van der Waals surface area (Å²) in [5.41, 5.74) is 4.58. The summed E-state index contributed by atoms with van der Waals surface area (Å²) in [7, 11) is 1.86. The van der Waals surface area contributed by atoms with E-state index < -0.39 is 5.60 Å². The first-order valence-electron chi connectivity index (χ1n) is 4.54. The van der Waals surface area contributed by atoms with E-state index in [9.17, 15) is 5.11 Å². The summed E-state index contributed by atoms with van der Waals surface area (Å²) in [6.07, 6.45) is 5.02. The van der Waals surface area contributed by atoms with Gasteiger partial charge in [0.15, 0.2) is 0 Å². The predicted octanol–water partition coefficient (Wildman–Crippen LogP) is 0.366. The van der Waals surface area contributed by atoms with Crippen LogP contribution in [0, 0.1) is 0 Å². The number of aliphatic hydroxyl groups is 1. The minimum atomic E-state index is -0.965. The van der Waals surface area contributed by atoms with Crippen LogP contribution in [0.25, 0.3) is 0 Å². The first-order chi connectivity index (χ1) is 6.14. The van der Waals surface area contributed by atoms with Gasteiger partial charge in [0.05, 0.1) is 0 Å². The van der Waals surface area contributed by atoms with Crippen molar-refractivity contribution in [3.05, 3.63) is 18.2 Å². The highest BCUT2D eigenvalue weighted by molar-refractivity contribution is 5.05. The lowest BCUT2D eigenvalue weighted by atomic mass is 9.97. The molecule has 0 aliphatic rings. The smallest absolute Gasteiger partial charge is 0.141 e. The molecule has 4 nitrogen and oxygen atoms in total. The zero-order valence-corrected chi connectivity index (χ0v) is 8.20. The van der Waals surface area contributed by atoms with Crippen LogP contribution in [0.2, 0.25) is 0 Å². The average molecular weight is 183 g/mol. The van der Waals surface area contributed by atoms with Gasteiger partial charge < -0.3 is 15.4 Å². The largest absolute Gasteiger partial charge is 0.381 e. The van der Waals surface area contributed by atoms with E-state index in [-0.39, 0.29) is 6.54 Å². The molecule has 1 atom stereocenters. The summed E-state index contributed by atoms with van der Waals surface area (Å²) < 4.78 is 1.81. The molecule has 0 aromatic carbocycles. The van der Waals surface area contributed by atoms with E-state index in [4.69, 9.17) is 5.73 Å². The maximum atomic E-state index is 10.2. The molecule has 0 fully saturated rings. The van der Waals surface area contributed by atoms with Crippen LogP contribution in [-0.2, 0) is 12.6 Å². The van der Waals surface area contributed by atoms with Gasteiger partial charge in [-0.25, -0.2) is 4.98 Å². The minimum absolute atomic E-state index is 0.214. The summed E-state index contributed by atoms with van der Waals surface area (Å²) >= 11 is 0. The van der Waals surface area contributed by atoms with Gasteiger partial charge >= 0.3 is 0 Å². The Morgan fingerprint density at radius 2 is 2.38 bits per heavy atom. The van der Waals surface area contributed by atoms with Crippen molar-refractivity contribution in [2.24, 2.45) is 12.8 Å². The molecule has 1 aromatic rings. The third kappa shape index (κ3) is 1.89. The number of hydrogen-bond acceptors (Lipinski definition) is 3. The molecule has 0 amide bonds. The first kappa shape index (κ1) is 10.2. The molecule has 1 rings (SSSR count). The van der Waals surface area contributed by atoms with Crippen molar-refractivity contribution in [3.8, 4) is 0 Å². The molecule has 0 radical (unpaired) electrons. The second kappa shape index (κ2) is 3.89. The molecule has 0 saturated heterocycles. The van der Waals surface area contributed by atoms with Gasteiger partial charge in [0.25, 0.3) is 0 Å². The van der Waals surface area contributed by atoms with Crippen LogP contribution in [0.4, 0.5) is 0 Å². The third-order valence-electron chi connectivity index (χ3n) is 2.24. The summed E-state index contributed by atoms with van der Waals surface area (Å²) in [6.45, 7) is 2.23. The quantitative estimate of drug-likeness (QED) is 0.708. The van der Waals surface area contributed by atoms with Gasteiger partial charge in [-0.1, -0.05) is 13.3 Å². The Morgan fingerprint density at radius 1 is 1.69 bits per heavy atom. The van der Waals surface area contributed by atoms with Crippen LogP contribution in [0.1, 0.15) is 25.6 Å². The molecule has 0 saturated carbocycles. The van der Waals surface area contributed by atoms with Gasteiger partial charge in [-0.2, -0.15) is 0 Å². The molecule has 1 heterocycles. The van der Waals surface area contributed by atoms with Crippen LogP contribution in [0.5, 0.6) is 0 Å². The number of hydrogen-bond donors (Lipinski definition) is 2. The van der Waals surface area contributed by atoms with Gasteiger partial charge in [0.1, 0.15) is 11.4 Å². The molecule has 0 spiro atoms. The number of aromatic nitrogens is 2. The predicted molar refractivity (Wildman–Crippen MR) is 51.1 cm³/mol. The van der Waals surface area contributed by atoms with Crippen LogP contribution >= 0.6 is 0 Å². The molecule has 0 aliphatic heterocycles. The molecular formula is C9H17N3O. The van der Waals surface area contributed by atoms with Crippen molar-refractivity contribution in [2.45, 2.75) is 25.4 Å². The monoisotopic (exact) mass is 183 g/mol. The topological polar surface area (TPSA) is 64.1 Å². The number of nitrogens with two attached hydrogens (primary N) is 1. The van der Waals surface area contributed by atoms with E-state index in [1.54, 1.807) is 6.20 Å². The van der Waals surface area contributed by atoms with E-state index in [0.29, 0.717) is 12.2 Å². The Bertz CT molecular complexity index is 272. The normalized spacial score (nSPS) is 15.7. The van der Waals surface area contributed by atoms with Gasteiger partial charge in [0, 0.05) is 26.0 Å². The van der Waals surface area contributed by atoms with E-state index >= 15 is 0 Å². The fourth-order valence-electron chi connectivity index (χ4n) is 1.53. The molecule has 74 valence electrons. The fourth-order valence-corrected chi connectivity index (χ4v) is 1.53. The molecule has 1 unspecified atom stereocenters. The van der Waals surface area contributed by atoms with Crippen molar-refractivity contribution in [2.75, 3.05) is 6.54 Å². The SMILES string of the molecule is CCCC(O)(CN)c1nccn1C. The van der Waals surface area contributed by atoms with Crippen molar-refractivity contribution in [1.29, 1.82) is 0 Å². The standard InChI is InChI=1S/C9H17N3O/c1-3-4-9(13,7-10)8-11-5-6-12(8)2/h5-6,13H,3-4,7,10H2,1-2H3. The molecule has 1 aromatic heterocycles. The Morgan fingerprint density at radius 3 is 2.77 bits per heavy atom. The van der Waals surface area contributed by atoms with Crippen LogP contribution in [0.3, 0.4) is 0 Å². The van der Waals surface area contributed by atoms with Crippen LogP contribution in [-0.4, -0.2) is 21.2 Å². The Kier molecular flexibility index (Phi) is 3.06. The summed E-state index contributed by atoms with van der Waals surface area (Å²) in [6, 6.07) is 0. The fraction of sp³-hybridized carbons (Fsp3) is 0.667. The molecule has 4 heteroatoms. The van der Waals surface area contributed by atoms with Gasteiger partial charge in [-0.3, -0.25) is 0 Å². The molecule has 0 bridgehead atoms. The lowest BCUT2D eigenvalue weighted by Crippen LogP contribution is -2.37. The molecule has 3 N–H and O–H groups in total. The molecule has 13 heavy (non-hydrogen) atoms. The van der Waals surface area contributed by atoms with Crippen LogP contribution < -0.4 is 5.73 Å². The molecule has 0 aliphatic carbocycles. The Hall–Kier alpha value is -0.870. The van der Waals surface area contributed by atoms with Gasteiger partial charge in [-0.15, -0.1) is 0 Å². The van der Waals surface area contributed by atoms with Crippen molar-refractivity contribution in [1.82, 2.24) is 9.55 Å². The van der Waals surface area contributed by atoms with Crippen molar-refractivity contribution in [3.63, 3.8) is 0 Å². The molecular weight excluding hydrogens is 166 g/mol. The maximum absolute atomic E-state index is 10.2. The van der Waals surface area contributed by atoms with Gasteiger partial charge in [0.2, 0.25) is 0 Å². The lowest BCUT2D eigenvalue weighted by molar-refractivity contribution is 0.0243. The number of aryl methyl sites for hydroxylation is 1. The zero-order chi connectivity index (χ0) is 9.90. The maximum Gasteiger partial charge on any atom is 0.141 e. The summed E-state index contributed by atoms with van der Waals surface area (Å²) in [5, 5.41) is 10.2. The highest BCUT2D eigenvalue weighted by atomic mass is 16.3. The second-order valence-corrected chi connectivity index (χ2v) is 3.35. The van der Waals surface area contributed by atoms with Gasteiger partial charge in [-0.05, 0) is 6.42 Å². The Labute approximate surface area is 78.4 Å². The number of nitrogens with zero attached hydrogens (tertiary/aromatic N) is 2. The van der Waals surface area contributed by atoms with Crippen molar-refractivity contribution < 1.29 is 5.11 Å². The number of imidazole rings is 1. The van der Waals surface area contributed by atoms with E-state index in [1.165, 1.54) is 0 Å². The highest BCUT2D eigenvalue weighted by Gasteiger charge is 2.30. The van der Waals surface area contributed by atoms with Crippen LogP contribution in [0.15, 0.2) is 12.4 Å². The zero-order valence-electron chi connectivity index (χ0n) is 8.20. The lowest BCUT2D eigenvalue weighted by Gasteiger charge is -2.25. The Balaban J connectivity index is 2.95. The highest BCUT2D eigenvalue weighted by Crippen LogP contribution is 2.22. The minimum Gasteiger partial charge on any atom is -0.381 e. The van der Waals surface area contributed by atoms with E-state index in [2.05, 4.69) is 4.98 Å². The second-order valence-electron chi connectivity index (χ2n) is 3.35. The number of rotatable bonds is 4.